The van der Waals surface area contributed by atoms with Crippen LogP contribution in [0, 0.1) is 0 Å². The van der Waals surface area contributed by atoms with Gasteiger partial charge in [-0.3, -0.25) is 14.6 Å². The highest BCUT2D eigenvalue weighted by atomic mass is 16.5. The van der Waals surface area contributed by atoms with Gasteiger partial charge in [-0.25, -0.2) is 4.98 Å². The van der Waals surface area contributed by atoms with Crippen molar-refractivity contribution < 1.29 is 19.1 Å². The van der Waals surface area contributed by atoms with E-state index in [0.717, 1.165) is 5.56 Å². The largest absolute Gasteiger partial charge is 0.484 e. The number of Topliss-reactive ketones (excluding diaryl/α,β-unsaturated/α-hetero) is 1. The summed E-state index contributed by atoms with van der Waals surface area (Å²) in [6, 6.07) is 7.42. The van der Waals surface area contributed by atoms with Crippen molar-refractivity contribution in [1.29, 1.82) is 0 Å². The van der Waals surface area contributed by atoms with Crippen molar-refractivity contribution in [2.75, 3.05) is 32.8 Å². The van der Waals surface area contributed by atoms with E-state index in [0.29, 0.717) is 50.5 Å². The van der Waals surface area contributed by atoms with Crippen molar-refractivity contribution in [3.8, 4) is 5.75 Å². The summed E-state index contributed by atoms with van der Waals surface area (Å²) < 4.78 is 5.59. The van der Waals surface area contributed by atoms with Gasteiger partial charge in [-0.2, -0.15) is 0 Å². The summed E-state index contributed by atoms with van der Waals surface area (Å²) in [5.41, 5.74) is 1.37. The molecule has 152 valence electrons. The molecule has 0 bridgehead atoms. The molecule has 0 spiro atoms. The lowest BCUT2D eigenvalue weighted by molar-refractivity contribution is -0.134. The summed E-state index contributed by atoms with van der Waals surface area (Å²) >= 11 is 0. The van der Waals surface area contributed by atoms with E-state index in [1.807, 2.05) is 12.1 Å². The van der Waals surface area contributed by atoms with Crippen molar-refractivity contribution in [3.63, 3.8) is 0 Å². The summed E-state index contributed by atoms with van der Waals surface area (Å²) in [4.78, 5) is 47.1. The molecule has 0 aliphatic carbocycles. The molecule has 1 aliphatic heterocycles. The molecule has 2 aromatic rings. The molecule has 29 heavy (non-hydrogen) atoms. The third kappa shape index (κ3) is 5.84. The number of amides is 2. The fourth-order valence-electron chi connectivity index (χ4n) is 3.04. The van der Waals surface area contributed by atoms with Gasteiger partial charge in [0.25, 0.3) is 11.8 Å². The van der Waals surface area contributed by atoms with E-state index in [1.165, 1.54) is 18.6 Å². The van der Waals surface area contributed by atoms with Crippen LogP contribution in [0.5, 0.6) is 5.75 Å². The first kappa shape index (κ1) is 20.4. The number of ketones is 1. The maximum absolute atomic E-state index is 12.4. The zero-order valence-electron chi connectivity index (χ0n) is 16.4. The molecule has 1 aliphatic rings. The topological polar surface area (TPSA) is 92.7 Å². The first-order valence-electron chi connectivity index (χ1n) is 9.57. The summed E-state index contributed by atoms with van der Waals surface area (Å²) in [7, 11) is 0. The molecular weight excluding hydrogens is 372 g/mol. The quantitative estimate of drug-likeness (QED) is 0.702. The minimum atomic E-state index is -0.175. The van der Waals surface area contributed by atoms with Crippen molar-refractivity contribution >= 4 is 17.6 Å². The summed E-state index contributed by atoms with van der Waals surface area (Å²) in [6.45, 7) is 3.34. The number of piperazine rings is 1. The molecule has 2 amide bonds. The van der Waals surface area contributed by atoms with E-state index in [2.05, 4.69) is 9.97 Å². The Morgan fingerprint density at radius 3 is 2.31 bits per heavy atom. The van der Waals surface area contributed by atoms with Gasteiger partial charge in [0.15, 0.2) is 6.61 Å². The number of ether oxygens (including phenoxy) is 1. The normalized spacial score (nSPS) is 13.8. The molecule has 0 saturated carbocycles. The number of hydrogen-bond donors (Lipinski definition) is 0. The minimum absolute atomic E-state index is 0.0507. The number of carbonyl (C=O) groups excluding carboxylic acids is 3. The molecule has 0 N–H and O–H groups in total. The number of hydrogen-bond acceptors (Lipinski definition) is 6. The van der Waals surface area contributed by atoms with E-state index < -0.39 is 0 Å². The van der Waals surface area contributed by atoms with Gasteiger partial charge in [-0.05, 0) is 31.0 Å². The molecule has 0 unspecified atom stereocenters. The second-order valence-electron chi connectivity index (χ2n) is 6.90. The van der Waals surface area contributed by atoms with Gasteiger partial charge >= 0.3 is 0 Å². The van der Waals surface area contributed by atoms with Crippen LogP contribution in [0.4, 0.5) is 0 Å². The summed E-state index contributed by atoms with van der Waals surface area (Å²) in [5.74, 6) is 0.486. The van der Waals surface area contributed by atoms with Crippen LogP contribution in [-0.4, -0.2) is 70.2 Å². The Balaban J connectivity index is 1.43. The molecule has 3 rings (SSSR count). The monoisotopic (exact) mass is 396 g/mol. The first-order valence-corrected chi connectivity index (χ1v) is 9.57. The highest BCUT2D eigenvalue weighted by molar-refractivity contribution is 5.92. The minimum Gasteiger partial charge on any atom is -0.484 e. The van der Waals surface area contributed by atoms with Crippen LogP contribution in [-0.2, 0) is 16.0 Å². The van der Waals surface area contributed by atoms with Crippen LogP contribution >= 0.6 is 0 Å². The highest BCUT2D eigenvalue weighted by Crippen LogP contribution is 2.14. The Labute approximate surface area is 169 Å². The predicted molar refractivity (Wildman–Crippen MR) is 105 cm³/mol. The first-order chi connectivity index (χ1) is 14.0. The third-order valence-corrected chi connectivity index (χ3v) is 4.75. The lowest BCUT2D eigenvalue weighted by Crippen LogP contribution is -2.51. The van der Waals surface area contributed by atoms with E-state index in [-0.39, 0.29) is 24.2 Å². The lowest BCUT2D eigenvalue weighted by atomic mass is 10.1. The third-order valence-electron chi connectivity index (χ3n) is 4.75. The Hall–Kier alpha value is -3.29. The molecule has 1 aromatic heterocycles. The number of carbonyl (C=O) groups is 3. The van der Waals surface area contributed by atoms with E-state index in [4.69, 9.17) is 4.74 Å². The van der Waals surface area contributed by atoms with Crippen LogP contribution < -0.4 is 4.74 Å². The van der Waals surface area contributed by atoms with Gasteiger partial charge in [0, 0.05) is 45.0 Å². The fourth-order valence-corrected chi connectivity index (χ4v) is 3.04. The molecular formula is C21H24N4O4. The molecule has 2 heterocycles. The Morgan fingerprint density at radius 2 is 1.69 bits per heavy atom. The van der Waals surface area contributed by atoms with E-state index >= 15 is 0 Å². The van der Waals surface area contributed by atoms with Gasteiger partial charge in [-0.15, -0.1) is 0 Å². The van der Waals surface area contributed by atoms with Crippen LogP contribution in [0.25, 0.3) is 0 Å². The van der Waals surface area contributed by atoms with Gasteiger partial charge in [-0.1, -0.05) is 12.1 Å². The zero-order chi connectivity index (χ0) is 20.6. The Kier molecular flexibility index (Phi) is 6.89. The Bertz CT molecular complexity index is 847. The van der Waals surface area contributed by atoms with Crippen LogP contribution in [0.3, 0.4) is 0 Å². The van der Waals surface area contributed by atoms with Gasteiger partial charge < -0.3 is 19.3 Å². The average Bonchev–Trinajstić information content (AvgIpc) is 2.77. The summed E-state index contributed by atoms with van der Waals surface area (Å²) in [6.07, 6.45) is 5.67. The molecule has 1 aromatic carbocycles. The van der Waals surface area contributed by atoms with Crippen LogP contribution in [0.15, 0.2) is 42.9 Å². The zero-order valence-corrected chi connectivity index (χ0v) is 16.4. The van der Waals surface area contributed by atoms with Crippen LogP contribution in [0.2, 0.25) is 0 Å². The van der Waals surface area contributed by atoms with E-state index in [1.54, 1.807) is 28.9 Å². The second kappa shape index (κ2) is 9.77. The van der Waals surface area contributed by atoms with Crippen molar-refractivity contribution in [2.45, 2.75) is 19.8 Å². The van der Waals surface area contributed by atoms with Crippen molar-refractivity contribution in [2.24, 2.45) is 0 Å². The van der Waals surface area contributed by atoms with Gasteiger partial charge in [0.05, 0.1) is 6.20 Å². The van der Waals surface area contributed by atoms with Crippen molar-refractivity contribution in [3.05, 3.63) is 54.1 Å². The molecule has 8 nitrogen and oxygen atoms in total. The van der Waals surface area contributed by atoms with E-state index in [9.17, 15) is 14.4 Å². The number of rotatable bonds is 7. The summed E-state index contributed by atoms with van der Waals surface area (Å²) in [5, 5.41) is 0. The van der Waals surface area contributed by atoms with Crippen molar-refractivity contribution in [1.82, 2.24) is 19.8 Å². The Morgan fingerprint density at radius 1 is 1.00 bits per heavy atom. The molecule has 8 heteroatoms. The van der Waals surface area contributed by atoms with Gasteiger partial charge in [0.1, 0.15) is 17.2 Å². The number of aryl methyl sites for hydroxylation is 1. The second-order valence-corrected chi connectivity index (χ2v) is 6.90. The van der Waals surface area contributed by atoms with Crippen LogP contribution in [0.1, 0.15) is 29.4 Å². The molecule has 1 saturated heterocycles. The molecule has 0 atom stereocenters. The maximum Gasteiger partial charge on any atom is 0.274 e. The number of aromatic nitrogens is 2. The highest BCUT2D eigenvalue weighted by Gasteiger charge is 2.25. The average molecular weight is 396 g/mol. The van der Waals surface area contributed by atoms with Gasteiger partial charge in [0.2, 0.25) is 0 Å². The number of benzene rings is 1. The SMILES string of the molecule is CC(=O)CCc1ccc(OCC(=O)N2CCN(C(=O)c3cnccn3)CC2)cc1. The predicted octanol–water partition coefficient (Wildman–Crippen LogP) is 1.36. The lowest BCUT2D eigenvalue weighted by Gasteiger charge is -2.34. The fraction of sp³-hybridized carbons (Fsp3) is 0.381. The smallest absolute Gasteiger partial charge is 0.274 e. The maximum atomic E-state index is 12.4. The standard InChI is InChI=1S/C21H24N4O4/c1-16(26)2-3-17-4-6-18(7-5-17)29-15-20(27)24-10-12-25(13-11-24)21(28)19-14-22-8-9-23-19/h4-9,14H,2-3,10-13,15H2,1H3. The molecule has 0 radical (unpaired) electrons. The molecule has 1 fully saturated rings. The number of nitrogens with zero attached hydrogens (tertiary/aromatic N) is 4.